The van der Waals surface area contributed by atoms with Gasteiger partial charge in [-0.2, -0.15) is 0 Å². The zero-order chi connectivity index (χ0) is 25.4. The second-order valence-corrected chi connectivity index (χ2v) is 9.83. The molecule has 1 aromatic rings. The van der Waals surface area contributed by atoms with E-state index < -0.39 is 23.4 Å². The topological polar surface area (TPSA) is 114 Å². The number of rotatable bonds is 5. The summed E-state index contributed by atoms with van der Waals surface area (Å²) in [6, 6.07) is 6.82. The molecule has 0 saturated heterocycles. The molecule has 0 radical (unpaired) electrons. The third-order valence-corrected chi connectivity index (χ3v) is 4.24. The Bertz CT molecular complexity index is 819. The SMILES string of the molecule is CC(CCCNC(=O)OC(C)(C)C)NC(=O)OC(C)(C)C.CN1C(=O)c2ccccc2C1=O. The van der Waals surface area contributed by atoms with E-state index in [-0.39, 0.29) is 17.9 Å². The van der Waals surface area contributed by atoms with Gasteiger partial charge in [0.25, 0.3) is 11.8 Å². The zero-order valence-corrected chi connectivity index (χ0v) is 20.9. The standard InChI is InChI=1S/C15H30N2O4.C9H7NO2/c1-11(17-13(19)21-15(5,6)7)9-8-10-16-12(18)20-14(2,3)4;1-10-8(11)6-4-2-3-5-7(6)9(10)12/h11H,8-10H2,1-7H3,(H,16,18)(H,17,19);2-5H,1H3. The number of alkyl carbamates (subject to hydrolysis) is 2. The maximum Gasteiger partial charge on any atom is 0.407 e. The van der Waals surface area contributed by atoms with E-state index >= 15 is 0 Å². The van der Waals surface area contributed by atoms with Crippen molar-refractivity contribution in [2.24, 2.45) is 0 Å². The minimum absolute atomic E-state index is 0.0136. The van der Waals surface area contributed by atoms with E-state index in [1.165, 1.54) is 7.05 Å². The van der Waals surface area contributed by atoms with Crippen LogP contribution in [0, 0.1) is 0 Å². The summed E-state index contributed by atoms with van der Waals surface area (Å²) in [6.45, 7) is 13.3. The van der Waals surface area contributed by atoms with Gasteiger partial charge in [-0.3, -0.25) is 14.5 Å². The van der Waals surface area contributed by atoms with Gasteiger partial charge in [0, 0.05) is 19.6 Å². The van der Waals surface area contributed by atoms with E-state index in [0.717, 1.165) is 17.7 Å². The highest BCUT2D eigenvalue weighted by molar-refractivity contribution is 6.21. The minimum atomic E-state index is -0.498. The molecule has 4 amide bonds. The number of imide groups is 1. The van der Waals surface area contributed by atoms with E-state index in [2.05, 4.69) is 10.6 Å². The first-order chi connectivity index (χ1) is 15.1. The Morgan fingerprint density at radius 1 is 0.909 bits per heavy atom. The lowest BCUT2D eigenvalue weighted by Crippen LogP contribution is -2.38. The summed E-state index contributed by atoms with van der Waals surface area (Å²) in [5.74, 6) is -0.425. The summed E-state index contributed by atoms with van der Waals surface area (Å²) in [5.41, 5.74) is 0.0209. The van der Waals surface area contributed by atoms with Gasteiger partial charge in [0.05, 0.1) is 11.1 Å². The molecule has 0 saturated carbocycles. The van der Waals surface area contributed by atoms with Crippen LogP contribution in [-0.2, 0) is 9.47 Å². The first kappa shape index (κ1) is 27.9. The molecule has 1 aliphatic rings. The van der Waals surface area contributed by atoms with Crippen molar-refractivity contribution in [2.75, 3.05) is 13.6 Å². The molecule has 1 atom stereocenters. The van der Waals surface area contributed by atoms with Crippen LogP contribution in [0.3, 0.4) is 0 Å². The molecule has 0 aliphatic carbocycles. The molecule has 1 heterocycles. The molecule has 9 nitrogen and oxygen atoms in total. The van der Waals surface area contributed by atoms with E-state index in [9.17, 15) is 19.2 Å². The molecule has 184 valence electrons. The van der Waals surface area contributed by atoms with Crippen LogP contribution in [0.25, 0.3) is 0 Å². The van der Waals surface area contributed by atoms with Gasteiger partial charge >= 0.3 is 12.2 Å². The van der Waals surface area contributed by atoms with Crippen molar-refractivity contribution < 1.29 is 28.7 Å². The number of ether oxygens (including phenoxy) is 2. The molecule has 0 bridgehead atoms. The Morgan fingerprint density at radius 3 is 1.82 bits per heavy atom. The average Bonchev–Trinajstić information content (AvgIpc) is 2.87. The van der Waals surface area contributed by atoms with Crippen LogP contribution in [-0.4, -0.2) is 59.7 Å². The monoisotopic (exact) mass is 463 g/mol. The summed E-state index contributed by atoms with van der Waals surface area (Å²) in [7, 11) is 1.49. The van der Waals surface area contributed by atoms with Gasteiger partial charge in [0.15, 0.2) is 0 Å². The molecule has 0 spiro atoms. The van der Waals surface area contributed by atoms with Crippen molar-refractivity contribution in [1.29, 1.82) is 0 Å². The van der Waals surface area contributed by atoms with Crippen molar-refractivity contribution in [3.05, 3.63) is 35.4 Å². The van der Waals surface area contributed by atoms with Gasteiger partial charge in [-0.25, -0.2) is 9.59 Å². The molecular formula is C24H37N3O6. The Kier molecular flexibility index (Phi) is 9.88. The predicted molar refractivity (Wildman–Crippen MR) is 125 cm³/mol. The lowest BCUT2D eigenvalue weighted by Gasteiger charge is -2.22. The Hall–Kier alpha value is -3.10. The molecule has 1 aromatic carbocycles. The summed E-state index contributed by atoms with van der Waals surface area (Å²) in [4.78, 5) is 46.7. The number of carbonyl (C=O) groups excluding carboxylic acids is 4. The highest BCUT2D eigenvalue weighted by Gasteiger charge is 2.31. The highest BCUT2D eigenvalue weighted by Crippen LogP contribution is 2.20. The zero-order valence-electron chi connectivity index (χ0n) is 20.9. The van der Waals surface area contributed by atoms with Crippen molar-refractivity contribution in [2.45, 2.75) is 78.6 Å². The van der Waals surface area contributed by atoms with Crippen molar-refractivity contribution in [3.8, 4) is 0 Å². The number of fused-ring (bicyclic) bond motifs is 1. The number of hydrogen-bond acceptors (Lipinski definition) is 6. The van der Waals surface area contributed by atoms with E-state index in [0.29, 0.717) is 17.7 Å². The van der Waals surface area contributed by atoms with Gasteiger partial charge in [-0.15, -0.1) is 0 Å². The predicted octanol–water partition coefficient (Wildman–Crippen LogP) is 4.12. The second-order valence-electron chi connectivity index (χ2n) is 9.83. The first-order valence-electron chi connectivity index (χ1n) is 11.0. The maximum atomic E-state index is 11.5. The smallest absolute Gasteiger partial charge is 0.407 e. The number of amides is 4. The fraction of sp³-hybridized carbons (Fsp3) is 0.583. The largest absolute Gasteiger partial charge is 0.444 e. The molecule has 1 unspecified atom stereocenters. The van der Waals surface area contributed by atoms with Gasteiger partial charge in [0.1, 0.15) is 11.2 Å². The lowest BCUT2D eigenvalue weighted by molar-refractivity contribution is 0.0492. The molecule has 1 aliphatic heterocycles. The van der Waals surface area contributed by atoms with Crippen LogP contribution in [0.15, 0.2) is 24.3 Å². The van der Waals surface area contributed by atoms with Gasteiger partial charge in [-0.1, -0.05) is 12.1 Å². The van der Waals surface area contributed by atoms with Crippen LogP contribution in [0.2, 0.25) is 0 Å². The summed E-state index contributed by atoms with van der Waals surface area (Å²) in [5, 5.41) is 5.44. The maximum absolute atomic E-state index is 11.5. The normalized spacial score (nSPS) is 14.0. The van der Waals surface area contributed by atoms with Gasteiger partial charge in [0.2, 0.25) is 0 Å². The lowest BCUT2D eigenvalue weighted by atomic mass is 10.1. The van der Waals surface area contributed by atoms with Crippen molar-refractivity contribution >= 4 is 24.0 Å². The van der Waals surface area contributed by atoms with Crippen LogP contribution < -0.4 is 10.6 Å². The first-order valence-corrected chi connectivity index (χ1v) is 11.0. The fourth-order valence-electron chi connectivity index (χ4n) is 2.80. The van der Waals surface area contributed by atoms with Gasteiger partial charge in [-0.05, 0) is 73.4 Å². The van der Waals surface area contributed by atoms with E-state index in [4.69, 9.17) is 9.47 Å². The van der Waals surface area contributed by atoms with Crippen LogP contribution in [0.1, 0.15) is 82.0 Å². The number of hydrogen-bond donors (Lipinski definition) is 2. The van der Waals surface area contributed by atoms with Gasteiger partial charge < -0.3 is 20.1 Å². The Balaban J connectivity index is 0.000000377. The van der Waals surface area contributed by atoms with Crippen LogP contribution in [0.5, 0.6) is 0 Å². The van der Waals surface area contributed by atoms with Crippen LogP contribution in [0.4, 0.5) is 9.59 Å². The number of benzene rings is 1. The molecule has 0 aromatic heterocycles. The van der Waals surface area contributed by atoms with E-state index in [1.54, 1.807) is 24.3 Å². The molecule has 33 heavy (non-hydrogen) atoms. The fourth-order valence-corrected chi connectivity index (χ4v) is 2.80. The average molecular weight is 464 g/mol. The summed E-state index contributed by atoms with van der Waals surface area (Å²) < 4.78 is 10.3. The molecule has 2 N–H and O–H groups in total. The number of carbonyl (C=O) groups is 4. The molecule has 9 heteroatoms. The quantitative estimate of drug-likeness (QED) is 0.502. The van der Waals surface area contributed by atoms with Crippen molar-refractivity contribution in [3.63, 3.8) is 0 Å². The Labute approximate surface area is 196 Å². The third-order valence-electron chi connectivity index (χ3n) is 4.24. The minimum Gasteiger partial charge on any atom is -0.444 e. The second kappa shape index (κ2) is 11.7. The molecule has 0 fully saturated rings. The summed E-state index contributed by atoms with van der Waals surface area (Å²) >= 11 is 0. The third kappa shape index (κ3) is 10.4. The van der Waals surface area contributed by atoms with E-state index in [1.807, 2.05) is 48.5 Å². The van der Waals surface area contributed by atoms with Crippen molar-refractivity contribution in [1.82, 2.24) is 15.5 Å². The Morgan fingerprint density at radius 2 is 1.36 bits per heavy atom. The molecule has 2 rings (SSSR count). The summed E-state index contributed by atoms with van der Waals surface area (Å²) in [6.07, 6.45) is 0.649. The number of nitrogens with zero attached hydrogens (tertiary/aromatic N) is 1. The highest BCUT2D eigenvalue weighted by atomic mass is 16.6. The van der Waals surface area contributed by atoms with Crippen LogP contribution >= 0.6 is 0 Å². The molecular weight excluding hydrogens is 426 g/mol. The number of nitrogens with one attached hydrogen (secondary N) is 2.